The fourth-order valence-electron chi connectivity index (χ4n) is 6.96. The lowest BCUT2D eigenvalue weighted by molar-refractivity contribution is 0.506. The second-order valence-corrected chi connectivity index (χ2v) is 13.5. The van der Waals surface area contributed by atoms with Crippen LogP contribution in [0.4, 0.5) is 17.1 Å². The molecule has 7 aromatic carbocycles. The van der Waals surface area contributed by atoms with Crippen molar-refractivity contribution >= 4 is 38.9 Å². The molecule has 0 fully saturated rings. The highest BCUT2D eigenvalue weighted by Crippen LogP contribution is 2.40. The number of anilines is 3. The summed E-state index contributed by atoms with van der Waals surface area (Å²) in [5, 5.41) is 2.47. The van der Waals surface area contributed by atoms with Gasteiger partial charge in [0.1, 0.15) is 0 Å². The van der Waals surface area contributed by atoms with Crippen molar-refractivity contribution in [2.45, 2.75) is 32.6 Å². The van der Waals surface area contributed by atoms with Crippen LogP contribution in [0, 0.1) is 0 Å². The Labute approximate surface area is 289 Å². The van der Waals surface area contributed by atoms with Crippen molar-refractivity contribution in [2.24, 2.45) is 0 Å². The lowest BCUT2D eigenvalue weighted by Crippen LogP contribution is -2.14. The smallest absolute Gasteiger partial charge is 0.0542 e. The molecule has 8 aromatic rings. The third kappa shape index (κ3) is 5.70. The van der Waals surface area contributed by atoms with Crippen LogP contribution in [0.2, 0.25) is 0 Å². The maximum atomic E-state index is 2.39. The molecular weight excluding hydrogens is 593 g/mol. The van der Waals surface area contributed by atoms with Gasteiger partial charge in [-0.1, -0.05) is 136 Å². The molecule has 1 aromatic heterocycles. The van der Waals surface area contributed by atoms with Gasteiger partial charge in [0, 0.05) is 33.5 Å². The number of rotatable bonds is 8. The van der Waals surface area contributed by atoms with Crippen LogP contribution < -0.4 is 4.90 Å². The largest absolute Gasteiger partial charge is 0.310 e. The van der Waals surface area contributed by atoms with Crippen LogP contribution in [-0.2, 0) is 5.41 Å². The minimum absolute atomic E-state index is 0.180. The highest BCUT2D eigenvalue weighted by Gasteiger charge is 2.19. The molecule has 2 nitrogen and oxygen atoms in total. The van der Waals surface area contributed by atoms with Gasteiger partial charge in [-0.25, -0.2) is 0 Å². The van der Waals surface area contributed by atoms with Gasteiger partial charge in [0.25, 0.3) is 0 Å². The van der Waals surface area contributed by atoms with Crippen LogP contribution in [0.1, 0.15) is 32.8 Å². The van der Waals surface area contributed by atoms with Crippen LogP contribution in [0.5, 0.6) is 0 Å². The molecule has 0 spiro atoms. The molecule has 49 heavy (non-hydrogen) atoms. The van der Waals surface area contributed by atoms with E-state index in [1.54, 1.807) is 0 Å². The van der Waals surface area contributed by atoms with Crippen molar-refractivity contribution in [3.05, 3.63) is 181 Å². The highest BCUT2D eigenvalue weighted by atomic mass is 15.1. The van der Waals surface area contributed by atoms with E-state index in [0.29, 0.717) is 0 Å². The molecule has 0 amide bonds. The molecule has 8 rings (SSSR count). The molecule has 0 atom stereocenters. The fourth-order valence-corrected chi connectivity index (χ4v) is 6.96. The number of fused-ring (bicyclic) bond motifs is 3. The predicted octanol–water partition coefficient (Wildman–Crippen LogP) is 13.3. The van der Waals surface area contributed by atoms with Gasteiger partial charge in [-0.05, 0) is 100 Å². The molecule has 0 saturated heterocycles. The number of aromatic nitrogens is 1. The summed E-state index contributed by atoms with van der Waals surface area (Å²) in [6.45, 7) is 6.88. The topological polar surface area (TPSA) is 8.17 Å². The summed E-state index contributed by atoms with van der Waals surface area (Å²) in [6, 6.07) is 63.8. The first kappa shape index (κ1) is 30.5. The fraction of sp³-hybridized carbons (Fsp3) is 0.106. The molecule has 0 aliphatic heterocycles. The van der Waals surface area contributed by atoms with Gasteiger partial charge in [-0.3, -0.25) is 0 Å². The Balaban J connectivity index is 1.20. The summed E-state index contributed by atoms with van der Waals surface area (Å²) in [4.78, 5) is 2.36. The maximum absolute atomic E-state index is 2.39. The molecule has 2 heteroatoms. The van der Waals surface area contributed by atoms with Gasteiger partial charge in [-0.15, -0.1) is 0 Å². The molecule has 238 valence electrons. The first-order valence-electron chi connectivity index (χ1n) is 17.3. The van der Waals surface area contributed by atoms with Crippen LogP contribution in [-0.4, -0.2) is 4.57 Å². The van der Waals surface area contributed by atoms with E-state index in [1.807, 2.05) is 0 Å². The molecular formula is C47H40N2. The number of hydrogen-bond acceptors (Lipinski definition) is 1. The minimum atomic E-state index is 0.180. The van der Waals surface area contributed by atoms with E-state index >= 15 is 0 Å². The first-order valence-corrected chi connectivity index (χ1v) is 17.3. The van der Waals surface area contributed by atoms with Crippen molar-refractivity contribution in [3.8, 4) is 27.9 Å². The summed E-state index contributed by atoms with van der Waals surface area (Å²) in [7, 11) is 0. The van der Waals surface area contributed by atoms with Crippen LogP contribution in [0.25, 0.3) is 49.7 Å². The third-order valence-electron chi connectivity index (χ3n) is 10.2. The predicted molar refractivity (Wildman–Crippen MR) is 210 cm³/mol. The van der Waals surface area contributed by atoms with Gasteiger partial charge in [0.15, 0.2) is 0 Å². The zero-order valence-electron chi connectivity index (χ0n) is 28.3. The summed E-state index contributed by atoms with van der Waals surface area (Å²) in [6.07, 6.45) is 1.12. The van der Waals surface area contributed by atoms with E-state index < -0.39 is 0 Å². The van der Waals surface area contributed by atoms with Crippen molar-refractivity contribution in [1.29, 1.82) is 0 Å². The molecule has 0 aliphatic carbocycles. The SMILES string of the molecule is CCC(C)(C)c1ccc(-c2ccc(N(c3ccccc3)c3ccc4c(c3)c3ccccc3n4-c3ccc(-c4ccccc4)cc3)cc2)cc1. The molecule has 0 saturated carbocycles. The summed E-state index contributed by atoms with van der Waals surface area (Å²) in [5.74, 6) is 0. The van der Waals surface area contributed by atoms with Crippen molar-refractivity contribution in [3.63, 3.8) is 0 Å². The van der Waals surface area contributed by atoms with Gasteiger partial charge < -0.3 is 9.47 Å². The molecule has 0 N–H and O–H groups in total. The lowest BCUT2D eigenvalue weighted by atomic mass is 9.82. The molecule has 1 heterocycles. The molecule has 0 bridgehead atoms. The Morgan fingerprint density at radius 1 is 0.449 bits per heavy atom. The second-order valence-electron chi connectivity index (χ2n) is 13.5. The summed E-state index contributed by atoms with van der Waals surface area (Å²) < 4.78 is 2.39. The van der Waals surface area contributed by atoms with Gasteiger partial charge in [0.05, 0.1) is 11.0 Å². The second kappa shape index (κ2) is 12.6. The maximum Gasteiger partial charge on any atom is 0.0542 e. The Bertz CT molecular complexity index is 2350. The highest BCUT2D eigenvalue weighted by molar-refractivity contribution is 6.10. The van der Waals surface area contributed by atoms with Gasteiger partial charge in [0.2, 0.25) is 0 Å². The van der Waals surface area contributed by atoms with E-state index in [0.717, 1.165) is 29.2 Å². The Kier molecular flexibility index (Phi) is 7.86. The third-order valence-corrected chi connectivity index (χ3v) is 10.2. The van der Waals surface area contributed by atoms with Crippen LogP contribution in [0.15, 0.2) is 176 Å². The Hall–Kier alpha value is -5.86. The molecule has 0 aliphatic rings. The van der Waals surface area contributed by atoms with Crippen molar-refractivity contribution in [1.82, 2.24) is 4.57 Å². The van der Waals surface area contributed by atoms with Crippen LogP contribution in [0.3, 0.4) is 0 Å². The Morgan fingerprint density at radius 3 is 1.59 bits per heavy atom. The number of para-hydroxylation sites is 2. The average Bonchev–Trinajstić information content (AvgIpc) is 3.50. The van der Waals surface area contributed by atoms with Gasteiger partial charge in [-0.2, -0.15) is 0 Å². The lowest BCUT2D eigenvalue weighted by Gasteiger charge is -2.26. The van der Waals surface area contributed by atoms with E-state index in [2.05, 4.69) is 206 Å². The van der Waals surface area contributed by atoms with E-state index in [4.69, 9.17) is 0 Å². The van der Waals surface area contributed by atoms with Crippen molar-refractivity contribution in [2.75, 3.05) is 4.90 Å². The number of hydrogen-bond donors (Lipinski definition) is 0. The van der Waals surface area contributed by atoms with E-state index in [9.17, 15) is 0 Å². The minimum Gasteiger partial charge on any atom is -0.310 e. The Morgan fingerprint density at radius 2 is 0.939 bits per heavy atom. The first-order chi connectivity index (χ1) is 24.0. The van der Waals surface area contributed by atoms with Crippen molar-refractivity contribution < 1.29 is 0 Å². The standard InChI is InChI=1S/C47H40N2/c1-4-47(2,3)38-25-19-35(20-26-38)37-21-27-40(28-22-37)48(39-15-9-6-10-16-39)42-31-32-46-44(33-42)43-17-11-12-18-45(43)49(46)41-29-23-36(24-30-41)34-13-7-5-8-14-34/h5-33H,4H2,1-3H3. The van der Waals surface area contributed by atoms with Gasteiger partial charge >= 0.3 is 0 Å². The summed E-state index contributed by atoms with van der Waals surface area (Å²) >= 11 is 0. The number of nitrogens with zero attached hydrogens (tertiary/aromatic N) is 2. The van der Waals surface area contributed by atoms with E-state index in [1.165, 1.54) is 49.6 Å². The average molecular weight is 633 g/mol. The van der Waals surface area contributed by atoms with Crippen LogP contribution >= 0.6 is 0 Å². The zero-order valence-corrected chi connectivity index (χ0v) is 28.3. The summed E-state index contributed by atoms with van der Waals surface area (Å²) in [5.41, 5.74) is 13.4. The normalized spacial score (nSPS) is 11.7. The zero-order chi connectivity index (χ0) is 33.4. The van der Waals surface area contributed by atoms with E-state index in [-0.39, 0.29) is 5.41 Å². The number of benzene rings is 7. The molecule has 0 radical (unpaired) electrons. The quantitative estimate of drug-likeness (QED) is 0.162. The molecule has 0 unspecified atom stereocenters. The monoisotopic (exact) mass is 632 g/mol.